The molecule has 11 heavy (non-hydrogen) atoms. The van der Waals surface area contributed by atoms with Crippen molar-refractivity contribution in [3.8, 4) is 0 Å². The summed E-state index contributed by atoms with van der Waals surface area (Å²) in [7, 11) is 1.65. The molecule has 0 aromatic carbocycles. The number of halogens is 1. The van der Waals surface area contributed by atoms with Crippen molar-refractivity contribution in [2.75, 3.05) is 7.05 Å². The summed E-state index contributed by atoms with van der Waals surface area (Å²) in [6, 6.07) is 0. The predicted octanol–water partition coefficient (Wildman–Crippen LogP) is 2.41. The smallest absolute Gasteiger partial charge is 0.137 e. The van der Waals surface area contributed by atoms with Crippen LogP contribution in [0.3, 0.4) is 0 Å². The average Bonchev–Trinajstić information content (AvgIpc) is 2.02. The Kier molecular flexibility index (Phi) is 4.46. The molecule has 0 aliphatic heterocycles. The summed E-state index contributed by atoms with van der Waals surface area (Å²) in [6.45, 7) is 8.90. The zero-order valence-corrected chi connectivity index (χ0v) is 7.52. The summed E-state index contributed by atoms with van der Waals surface area (Å²) in [6.07, 6.45) is 1.55. The number of allylic oxidation sites excluding steroid dienone is 2. The molecule has 0 N–H and O–H groups in total. The molecular weight excluding hydrogens is 160 g/mol. The summed E-state index contributed by atoms with van der Waals surface area (Å²) in [5.74, 6) is 0.623. The van der Waals surface area contributed by atoms with Gasteiger partial charge >= 0.3 is 0 Å². The molecule has 0 fully saturated rings. The number of nitrogens with zero attached hydrogens (tertiary/aromatic N) is 2. The van der Waals surface area contributed by atoms with E-state index >= 15 is 0 Å². The molecule has 0 aliphatic carbocycles. The first-order chi connectivity index (χ1) is 5.11. The Hall–Kier alpha value is -0.890. The second kappa shape index (κ2) is 4.85. The highest BCUT2D eigenvalue weighted by molar-refractivity contribution is 6.70. The number of aliphatic imine (C=N–C) groups is 2. The van der Waals surface area contributed by atoms with Crippen LogP contribution in [-0.4, -0.2) is 18.1 Å². The lowest BCUT2D eigenvalue weighted by Crippen LogP contribution is -1.94. The number of hydrogen-bond donors (Lipinski definition) is 0. The molecule has 0 spiro atoms. The summed E-state index contributed by atoms with van der Waals surface area (Å²) in [4.78, 5) is 7.74. The lowest BCUT2D eigenvalue weighted by molar-refractivity contribution is 1.38. The first-order valence-corrected chi connectivity index (χ1v) is 3.49. The van der Waals surface area contributed by atoms with Crippen molar-refractivity contribution in [2.24, 2.45) is 9.98 Å². The van der Waals surface area contributed by atoms with Gasteiger partial charge in [0, 0.05) is 12.6 Å². The van der Waals surface area contributed by atoms with Crippen molar-refractivity contribution >= 4 is 22.6 Å². The first kappa shape index (κ1) is 10.1. The van der Waals surface area contributed by atoms with Gasteiger partial charge in [0.1, 0.15) is 11.0 Å². The summed E-state index contributed by atoms with van der Waals surface area (Å²) >= 11 is 5.70. The van der Waals surface area contributed by atoms with Gasteiger partial charge in [-0.15, -0.1) is 0 Å². The molecule has 0 unspecified atom stereocenters. The van der Waals surface area contributed by atoms with Crippen LogP contribution in [0, 0.1) is 0 Å². The molecule has 0 radical (unpaired) electrons. The molecule has 0 atom stereocenters. The Labute approximate surface area is 72.0 Å². The van der Waals surface area contributed by atoms with Crippen LogP contribution in [-0.2, 0) is 0 Å². The van der Waals surface area contributed by atoms with E-state index in [0.717, 1.165) is 0 Å². The van der Waals surface area contributed by atoms with Gasteiger partial charge in [0.2, 0.25) is 0 Å². The van der Waals surface area contributed by atoms with E-state index in [4.69, 9.17) is 11.6 Å². The Bertz CT molecular complexity index is 226. The van der Waals surface area contributed by atoms with Crippen molar-refractivity contribution in [1.82, 2.24) is 0 Å². The van der Waals surface area contributed by atoms with Crippen LogP contribution < -0.4 is 0 Å². The molecule has 0 aliphatic rings. The van der Waals surface area contributed by atoms with E-state index < -0.39 is 0 Å². The SMILES string of the molecule is C=CC(=C)C(Cl)=NC(C)=NC. The van der Waals surface area contributed by atoms with Gasteiger partial charge in [0.05, 0.1) is 0 Å². The third kappa shape index (κ3) is 3.73. The minimum atomic E-state index is 0.336. The van der Waals surface area contributed by atoms with Crippen LogP contribution in [0.5, 0.6) is 0 Å². The Balaban J connectivity index is 4.46. The third-order valence-electron chi connectivity index (χ3n) is 1.09. The van der Waals surface area contributed by atoms with Gasteiger partial charge in [-0.3, -0.25) is 4.99 Å². The topological polar surface area (TPSA) is 24.7 Å². The highest BCUT2D eigenvalue weighted by Crippen LogP contribution is 2.01. The molecule has 2 nitrogen and oxygen atoms in total. The molecule has 0 saturated heterocycles. The minimum absolute atomic E-state index is 0.336. The van der Waals surface area contributed by atoms with Gasteiger partial charge in [0.15, 0.2) is 0 Å². The normalized spacial score (nSPS) is 13.0. The van der Waals surface area contributed by atoms with Gasteiger partial charge in [-0.1, -0.05) is 30.8 Å². The Morgan fingerprint density at radius 3 is 2.45 bits per heavy atom. The van der Waals surface area contributed by atoms with Gasteiger partial charge in [-0.05, 0) is 6.92 Å². The van der Waals surface area contributed by atoms with E-state index in [0.29, 0.717) is 16.6 Å². The summed E-state index contributed by atoms with van der Waals surface area (Å²) < 4.78 is 0. The van der Waals surface area contributed by atoms with E-state index in [1.54, 1.807) is 20.0 Å². The second-order valence-electron chi connectivity index (χ2n) is 1.90. The largest absolute Gasteiger partial charge is 0.274 e. The maximum Gasteiger partial charge on any atom is 0.137 e. The van der Waals surface area contributed by atoms with Gasteiger partial charge in [-0.2, -0.15) is 0 Å². The number of amidine groups is 1. The van der Waals surface area contributed by atoms with Crippen LogP contribution >= 0.6 is 11.6 Å². The molecule has 0 rings (SSSR count). The molecule has 0 aromatic rings. The first-order valence-electron chi connectivity index (χ1n) is 3.11. The third-order valence-corrected chi connectivity index (χ3v) is 1.42. The highest BCUT2D eigenvalue weighted by atomic mass is 35.5. The van der Waals surface area contributed by atoms with Crippen LogP contribution in [0.2, 0.25) is 0 Å². The van der Waals surface area contributed by atoms with E-state index in [2.05, 4.69) is 23.1 Å². The number of hydrogen-bond acceptors (Lipinski definition) is 1. The van der Waals surface area contributed by atoms with Crippen molar-refractivity contribution in [2.45, 2.75) is 6.92 Å². The lowest BCUT2D eigenvalue weighted by Gasteiger charge is -1.94. The maximum atomic E-state index is 5.70. The van der Waals surface area contributed by atoms with Crippen molar-refractivity contribution in [3.63, 3.8) is 0 Å². The summed E-state index contributed by atoms with van der Waals surface area (Å²) in [5.41, 5.74) is 0.606. The second-order valence-corrected chi connectivity index (χ2v) is 2.26. The maximum absolute atomic E-state index is 5.70. The molecular formula is C8H11ClN2. The molecule has 3 heteroatoms. The molecule has 0 aromatic heterocycles. The van der Waals surface area contributed by atoms with E-state index in [9.17, 15) is 0 Å². The molecule has 0 saturated carbocycles. The minimum Gasteiger partial charge on any atom is -0.274 e. The molecule has 0 amide bonds. The van der Waals surface area contributed by atoms with Crippen LogP contribution in [0.1, 0.15) is 6.92 Å². The monoisotopic (exact) mass is 170 g/mol. The average molecular weight is 171 g/mol. The fraction of sp³-hybridized carbons (Fsp3) is 0.250. The molecule has 0 bridgehead atoms. The lowest BCUT2D eigenvalue weighted by atomic mass is 10.3. The zero-order valence-electron chi connectivity index (χ0n) is 6.76. The zero-order chi connectivity index (χ0) is 8.85. The van der Waals surface area contributed by atoms with Crippen LogP contribution in [0.25, 0.3) is 0 Å². The fourth-order valence-electron chi connectivity index (χ4n) is 0.348. The highest BCUT2D eigenvalue weighted by Gasteiger charge is 1.95. The Morgan fingerprint density at radius 2 is 2.09 bits per heavy atom. The van der Waals surface area contributed by atoms with Crippen molar-refractivity contribution in [1.29, 1.82) is 0 Å². The number of rotatable bonds is 2. The van der Waals surface area contributed by atoms with Crippen molar-refractivity contribution in [3.05, 3.63) is 24.8 Å². The predicted molar refractivity (Wildman–Crippen MR) is 51.7 cm³/mol. The molecule has 60 valence electrons. The van der Waals surface area contributed by atoms with Gasteiger partial charge < -0.3 is 0 Å². The van der Waals surface area contributed by atoms with Gasteiger partial charge in [0.25, 0.3) is 0 Å². The standard InChI is InChI=1S/C8H11ClN2/c1-5-6(2)8(9)11-7(3)10-4/h5H,1-2H2,3-4H3. The summed E-state index contributed by atoms with van der Waals surface area (Å²) in [5, 5.41) is 0.336. The van der Waals surface area contributed by atoms with Gasteiger partial charge in [-0.25, -0.2) is 4.99 Å². The van der Waals surface area contributed by atoms with Crippen LogP contribution in [0.4, 0.5) is 0 Å². The molecule has 0 heterocycles. The Morgan fingerprint density at radius 1 is 1.55 bits per heavy atom. The van der Waals surface area contributed by atoms with E-state index in [-0.39, 0.29) is 0 Å². The van der Waals surface area contributed by atoms with E-state index in [1.165, 1.54) is 0 Å². The fourth-order valence-corrected chi connectivity index (χ4v) is 0.548. The van der Waals surface area contributed by atoms with E-state index in [1.807, 2.05) is 0 Å². The van der Waals surface area contributed by atoms with Crippen molar-refractivity contribution < 1.29 is 0 Å². The quantitative estimate of drug-likeness (QED) is 0.346. The van der Waals surface area contributed by atoms with Crippen LogP contribution in [0.15, 0.2) is 34.8 Å².